The van der Waals surface area contributed by atoms with Crippen LogP contribution in [0.1, 0.15) is 23.1 Å². The second-order valence-corrected chi connectivity index (χ2v) is 8.72. The van der Waals surface area contributed by atoms with Crippen LogP contribution < -0.4 is 15.0 Å². The second kappa shape index (κ2) is 10.5. The number of nitrogens with zero attached hydrogens (tertiary/aromatic N) is 5. The molecule has 1 N–H and O–H groups in total. The Hall–Kier alpha value is -3.39. The predicted molar refractivity (Wildman–Crippen MR) is 118 cm³/mol. The molecule has 1 aromatic carbocycles. The summed E-state index contributed by atoms with van der Waals surface area (Å²) in [5.74, 6) is -1.94. The second-order valence-electron chi connectivity index (χ2n) is 7.66. The van der Waals surface area contributed by atoms with Gasteiger partial charge in [-0.15, -0.1) is 28.5 Å². The lowest BCUT2D eigenvalue weighted by atomic mass is 10.0. The van der Waals surface area contributed by atoms with Crippen LogP contribution in [-0.2, 0) is 16.0 Å². The number of anilines is 2. The summed E-state index contributed by atoms with van der Waals surface area (Å²) in [4.78, 5) is 14.9. The highest BCUT2D eigenvalue weighted by Crippen LogP contribution is 2.31. The molecule has 35 heavy (non-hydrogen) atoms. The Morgan fingerprint density at radius 2 is 2.11 bits per heavy atom. The molecule has 0 aliphatic carbocycles. The third kappa shape index (κ3) is 6.39. The molecule has 0 radical (unpaired) electrons. The van der Waals surface area contributed by atoms with E-state index in [1.807, 2.05) is 12.1 Å². The summed E-state index contributed by atoms with van der Waals surface area (Å²) < 4.78 is 60.2. The number of rotatable bonds is 9. The zero-order chi connectivity index (χ0) is 25.0. The lowest BCUT2D eigenvalue weighted by Crippen LogP contribution is -2.26. The maximum atomic E-state index is 13.7. The molecule has 14 heteroatoms. The van der Waals surface area contributed by atoms with Crippen molar-refractivity contribution in [3.05, 3.63) is 52.9 Å². The largest absolute Gasteiger partial charge is 0.573 e. The molecule has 0 unspecified atom stereocenters. The van der Waals surface area contributed by atoms with Gasteiger partial charge in [0.15, 0.2) is 23.2 Å². The van der Waals surface area contributed by atoms with Crippen LogP contribution in [0.15, 0.2) is 36.5 Å². The maximum absolute atomic E-state index is 13.7. The van der Waals surface area contributed by atoms with E-state index in [1.54, 1.807) is 6.20 Å². The third-order valence-electron chi connectivity index (χ3n) is 5.20. The summed E-state index contributed by atoms with van der Waals surface area (Å²) in [5.41, 5.74) is 0.0241. The number of halogens is 4. The molecule has 1 fully saturated rings. The van der Waals surface area contributed by atoms with Crippen molar-refractivity contribution in [2.75, 3.05) is 30.4 Å². The fourth-order valence-corrected chi connectivity index (χ4v) is 4.51. The average molecular weight is 512 g/mol. The molecule has 0 bridgehead atoms. The van der Waals surface area contributed by atoms with Crippen molar-refractivity contribution in [2.24, 2.45) is 0 Å². The summed E-state index contributed by atoms with van der Waals surface area (Å²) in [6.07, 6.45) is -4.02. The molecule has 186 valence electrons. The molecule has 3 aromatic rings. The molecule has 4 rings (SSSR count). The van der Waals surface area contributed by atoms with E-state index in [9.17, 15) is 22.4 Å². The standard InChI is InChI=1S/C21H20F4N6O3S/c1-33-19(12-4-5-14(22)16(9-12)34-21(23,24)25)15(32)10-18-29-30-20(35-18)27-13-6-8-31(11-13)17-3-2-7-26-28-17/h2-5,7,9,13,19H,6,8,10-11H2,1H3,(H,27,30)/t13-,19-/m1/s1. The molecule has 0 spiro atoms. The quantitative estimate of drug-likeness (QED) is 0.431. The fraction of sp³-hybridized carbons (Fsp3) is 0.381. The van der Waals surface area contributed by atoms with Crippen LogP contribution >= 0.6 is 11.3 Å². The minimum Gasteiger partial charge on any atom is -0.403 e. The number of benzene rings is 1. The number of carbonyl (C=O) groups excluding carboxylic acids is 1. The zero-order valence-electron chi connectivity index (χ0n) is 18.3. The van der Waals surface area contributed by atoms with Gasteiger partial charge in [-0.1, -0.05) is 17.4 Å². The fourth-order valence-electron chi connectivity index (χ4n) is 3.69. The Labute approximate surface area is 201 Å². The van der Waals surface area contributed by atoms with Crippen LogP contribution in [0.4, 0.5) is 28.5 Å². The van der Waals surface area contributed by atoms with Gasteiger partial charge >= 0.3 is 6.36 Å². The molecule has 9 nitrogen and oxygen atoms in total. The Morgan fingerprint density at radius 1 is 1.29 bits per heavy atom. The summed E-state index contributed by atoms with van der Waals surface area (Å²) in [6, 6.07) is 6.56. The minimum atomic E-state index is -5.08. The molecule has 1 aliphatic rings. The van der Waals surface area contributed by atoms with Gasteiger partial charge in [0.1, 0.15) is 11.1 Å². The van der Waals surface area contributed by atoms with E-state index < -0.39 is 29.8 Å². The number of hydrogen-bond donors (Lipinski definition) is 1. The van der Waals surface area contributed by atoms with Gasteiger partial charge in [0, 0.05) is 32.4 Å². The van der Waals surface area contributed by atoms with E-state index >= 15 is 0 Å². The number of carbonyl (C=O) groups is 1. The summed E-state index contributed by atoms with van der Waals surface area (Å²) in [6.45, 7) is 1.50. The highest BCUT2D eigenvalue weighted by atomic mass is 32.1. The van der Waals surface area contributed by atoms with Crippen LogP contribution in [0.3, 0.4) is 0 Å². The number of methoxy groups -OCH3 is 1. The van der Waals surface area contributed by atoms with E-state index in [0.717, 1.165) is 30.9 Å². The molecule has 0 amide bonds. The van der Waals surface area contributed by atoms with Gasteiger partial charge < -0.3 is 19.7 Å². The van der Waals surface area contributed by atoms with Gasteiger partial charge in [0.25, 0.3) is 0 Å². The van der Waals surface area contributed by atoms with Gasteiger partial charge in [0.2, 0.25) is 5.13 Å². The number of aromatic nitrogens is 4. The third-order valence-corrected chi connectivity index (χ3v) is 6.06. The average Bonchev–Trinajstić information content (AvgIpc) is 3.46. The SMILES string of the molecule is CO[C@@H](C(=O)Cc1nnc(N[C@@H]2CCN(c3cccnn3)C2)s1)c1ccc(F)c(OC(F)(F)F)c1. The van der Waals surface area contributed by atoms with E-state index in [1.165, 1.54) is 24.5 Å². The first-order valence-corrected chi connectivity index (χ1v) is 11.3. The Kier molecular flexibility index (Phi) is 7.40. The van der Waals surface area contributed by atoms with E-state index in [4.69, 9.17) is 4.74 Å². The van der Waals surface area contributed by atoms with Crippen LogP contribution in [0.25, 0.3) is 0 Å². The number of ether oxygens (including phenoxy) is 2. The zero-order valence-corrected chi connectivity index (χ0v) is 19.1. The van der Waals surface area contributed by atoms with Gasteiger partial charge in [-0.3, -0.25) is 4.79 Å². The van der Waals surface area contributed by atoms with Crippen molar-refractivity contribution in [1.82, 2.24) is 20.4 Å². The van der Waals surface area contributed by atoms with Crippen molar-refractivity contribution in [2.45, 2.75) is 31.3 Å². The Morgan fingerprint density at radius 3 is 2.83 bits per heavy atom. The summed E-state index contributed by atoms with van der Waals surface area (Å²) in [7, 11) is 1.23. The summed E-state index contributed by atoms with van der Waals surface area (Å²) >= 11 is 1.19. The van der Waals surface area contributed by atoms with Crippen LogP contribution in [-0.4, -0.2) is 58.8 Å². The highest BCUT2D eigenvalue weighted by molar-refractivity contribution is 7.15. The number of alkyl halides is 3. The molecule has 1 aliphatic heterocycles. The van der Waals surface area contributed by atoms with Gasteiger partial charge in [0.05, 0.1) is 6.42 Å². The number of ketones is 1. The number of hydrogen-bond acceptors (Lipinski definition) is 10. The topological polar surface area (TPSA) is 102 Å². The van der Waals surface area contributed by atoms with E-state index in [0.29, 0.717) is 16.7 Å². The maximum Gasteiger partial charge on any atom is 0.573 e. The van der Waals surface area contributed by atoms with Crippen LogP contribution in [0.2, 0.25) is 0 Å². The van der Waals surface area contributed by atoms with Crippen LogP contribution in [0.5, 0.6) is 5.75 Å². The van der Waals surface area contributed by atoms with Crippen molar-refractivity contribution < 1.29 is 31.8 Å². The van der Waals surface area contributed by atoms with Crippen molar-refractivity contribution in [1.29, 1.82) is 0 Å². The van der Waals surface area contributed by atoms with Crippen molar-refractivity contribution >= 4 is 28.1 Å². The molecular weight excluding hydrogens is 492 g/mol. The first-order chi connectivity index (χ1) is 16.7. The molecule has 0 saturated carbocycles. The van der Waals surface area contributed by atoms with Crippen molar-refractivity contribution in [3.8, 4) is 5.75 Å². The molecule has 2 aromatic heterocycles. The molecular formula is C21H20F4N6O3S. The van der Waals surface area contributed by atoms with Crippen LogP contribution in [0, 0.1) is 5.82 Å². The predicted octanol–water partition coefficient (Wildman–Crippen LogP) is 3.56. The van der Waals surface area contributed by atoms with E-state index in [-0.39, 0.29) is 18.0 Å². The normalized spacial score (nSPS) is 16.8. The lowest BCUT2D eigenvalue weighted by Gasteiger charge is -2.16. The first kappa shape index (κ1) is 24.7. The first-order valence-electron chi connectivity index (χ1n) is 10.4. The van der Waals surface area contributed by atoms with Gasteiger partial charge in [-0.2, -0.15) is 5.10 Å². The Bertz CT molecular complexity index is 1160. The molecule has 1 saturated heterocycles. The van der Waals surface area contributed by atoms with Gasteiger partial charge in [-0.25, -0.2) is 4.39 Å². The minimum absolute atomic E-state index is 0.0241. The van der Waals surface area contributed by atoms with Crippen molar-refractivity contribution in [3.63, 3.8) is 0 Å². The number of nitrogens with one attached hydrogen (secondary N) is 1. The van der Waals surface area contributed by atoms with Gasteiger partial charge in [-0.05, 0) is 36.2 Å². The smallest absolute Gasteiger partial charge is 0.403 e. The molecule has 2 atom stereocenters. The summed E-state index contributed by atoms with van der Waals surface area (Å²) in [5, 5.41) is 20.3. The number of Topliss-reactive ketones (excluding diaryl/α,β-unsaturated/α-hetero) is 1. The monoisotopic (exact) mass is 512 g/mol. The Balaban J connectivity index is 1.37. The van der Waals surface area contributed by atoms with E-state index in [2.05, 4.69) is 35.3 Å². The lowest BCUT2D eigenvalue weighted by molar-refractivity contribution is -0.275. The highest BCUT2D eigenvalue weighted by Gasteiger charge is 2.33. The molecule has 3 heterocycles.